The predicted octanol–water partition coefficient (Wildman–Crippen LogP) is 1.52. The minimum atomic E-state index is 0.0555. The van der Waals surface area contributed by atoms with Gasteiger partial charge in [0.15, 0.2) is 0 Å². The monoisotopic (exact) mass is 180 g/mol. The van der Waals surface area contributed by atoms with E-state index >= 15 is 0 Å². The molecule has 0 spiro atoms. The van der Waals surface area contributed by atoms with E-state index in [0.717, 1.165) is 11.5 Å². The molecule has 13 heavy (non-hydrogen) atoms. The highest BCUT2D eigenvalue weighted by molar-refractivity contribution is 5.04. The molecule has 3 nitrogen and oxygen atoms in total. The molecule has 0 saturated carbocycles. The van der Waals surface area contributed by atoms with Crippen LogP contribution in [0.1, 0.15) is 31.3 Å². The molecule has 0 saturated heterocycles. The van der Waals surface area contributed by atoms with E-state index in [1.165, 1.54) is 0 Å². The van der Waals surface area contributed by atoms with Crippen molar-refractivity contribution in [1.82, 2.24) is 9.97 Å². The second-order valence-electron chi connectivity index (χ2n) is 3.59. The van der Waals surface area contributed by atoms with Crippen LogP contribution < -0.4 is 0 Å². The Bertz CT molecular complexity index is 273. The van der Waals surface area contributed by atoms with Gasteiger partial charge in [-0.2, -0.15) is 0 Å². The molecule has 1 unspecified atom stereocenters. The SMILES string of the molecule is Cc1ccnc(C(CO)C(C)C)n1. The van der Waals surface area contributed by atoms with E-state index < -0.39 is 0 Å². The van der Waals surface area contributed by atoms with Crippen LogP contribution in [-0.2, 0) is 0 Å². The fraction of sp³-hybridized carbons (Fsp3) is 0.600. The molecule has 1 heterocycles. The molecule has 0 amide bonds. The van der Waals surface area contributed by atoms with Crippen LogP contribution in [0.5, 0.6) is 0 Å². The molecular weight excluding hydrogens is 164 g/mol. The van der Waals surface area contributed by atoms with Crippen LogP contribution in [0.4, 0.5) is 0 Å². The predicted molar refractivity (Wildman–Crippen MR) is 51.4 cm³/mol. The summed E-state index contributed by atoms with van der Waals surface area (Å²) in [5.74, 6) is 1.17. The number of nitrogens with zero attached hydrogens (tertiary/aromatic N) is 2. The summed E-state index contributed by atoms with van der Waals surface area (Å²) >= 11 is 0. The van der Waals surface area contributed by atoms with Gasteiger partial charge < -0.3 is 5.11 Å². The molecule has 0 aliphatic rings. The number of hydrogen-bond acceptors (Lipinski definition) is 3. The molecule has 3 heteroatoms. The molecule has 1 atom stereocenters. The van der Waals surface area contributed by atoms with Gasteiger partial charge in [0.25, 0.3) is 0 Å². The summed E-state index contributed by atoms with van der Waals surface area (Å²) in [4.78, 5) is 8.46. The third kappa shape index (κ3) is 2.49. The Balaban J connectivity index is 2.91. The van der Waals surface area contributed by atoms with Crippen molar-refractivity contribution in [2.75, 3.05) is 6.61 Å². The molecule has 0 aromatic carbocycles. The Labute approximate surface area is 78.9 Å². The van der Waals surface area contributed by atoms with Crippen molar-refractivity contribution in [1.29, 1.82) is 0 Å². The number of aliphatic hydroxyl groups is 1. The lowest BCUT2D eigenvalue weighted by atomic mass is 9.96. The zero-order chi connectivity index (χ0) is 9.84. The summed E-state index contributed by atoms with van der Waals surface area (Å²) in [6.45, 7) is 6.17. The van der Waals surface area contributed by atoms with Crippen LogP contribution in [-0.4, -0.2) is 21.7 Å². The molecule has 1 N–H and O–H groups in total. The van der Waals surface area contributed by atoms with Gasteiger partial charge in [0.05, 0.1) is 6.61 Å². The van der Waals surface area contributed by atoms with Crippen molar-refractivity contribution in [3.05, 3.63) is 23.8 Å². The lowest BCUT2D eigenvalue weighted by Crippen LogP contribution is -2.14. The van der Waals surface area contributed by atoms with E-state index in [-0.39, 0.29) is 12.5 Å². The normalized spacial score (nSPS) is 13.3. The van der Waals surface area contributed by atoms with E-state index in [9.17, 15) is 0 Å². The van der Waals surface area contributed by atoms with Crippen LogP contribution in [0.3, 0.4) is 0 Å². The highest BCUT2D eigenvalue weighted by Gasteiger charge is 2.17. The maximum atomic E-state index is 9.16. The first kappa shape index (κ1) is 10.1. The summed E-state index contributed by atoms with van der Waals surface area (Å²) in [6.07, 6.45) is 1.74. The van der Waals surface area contributed by atoms with Crippen molar-refractivity contribution in [2.45, 2.75) is 26.7 Å². The summed E-state index contributed by atoms with van der Waals surface area (Å²) in [5.41, 5.74) is 0.948. The topological polar surface area (TPSA) is 46.0 Å². The average molecular weight is 180 g/mol. The number of hydrogen-bond donors (Lipinski definition) is 1. The van der Waals surface area contributed by atoms with Gasteiger partial charge in [-0.15, -0.1) is 0 Å². The summed E-state index contributed by atoms with van der Waals surface area (Å²) < 4.78 is 0. The van der Waals surface area contributed by atoms with Crippen molar-refractivity contribution < 1.29 is 5.11 Å². The summed E-state index contributed by atoms with van der Waals surface area (Å²) in [7, 11) is 0. The molecule has 1 rings (SSSR count). The van der Waals surface area contributed by atoms with Gasteiger partial charge in [-0.05, 0) is 18.9 Å². The standard InChI is InChI=1S/C10H16N2O/c1-7(2)9(6-13)10-11-5-4-8(3)12-10/h4-5,7,9,13H,6H2,1-3H3. The lowest BCUT2D eigenvalue weighted by Gasteiger charge is -2.16. The Hall–Kier alpha value is -0.960. The quantitative estimate of drug-likeness (QED) is 0.767. The van der Waals surface area contributed by atoms with Gasteiger partial charge in [0, 0.05) is 17.8 Å². The maximum absolute atomic E-state index is 9.16. The minimum Gasteiger partial charge on any atom is -0.396 e. The van der Waals surface area contributed by atoms with Crippen LogP contribution in [0.25, 0.3) is 0 Å². The zero-order valence-corrected chi connectivity index (χ0v) is 8.36. The highest BCUT2D eigenvalue weighted by atomic mass is 16.3. The van der Waals surface area contributed by atoms with Crippen LogP contribution in [0.2, 0.25) is 0 Å². The van der Waals surface area contributed by atoms with E-state index in [1.807, 2.05) is 13.0 Å². The fourth-order valence-electron chi connectivity index (χ4n) is 1.24. The van der Waals surface area contributed by atoms with Crippen molar-refractivity contribution >= 4 is 0 Å². The van der Waals surface area contributed by atoms with Gasteiger partial charge in [0.1, 0.15) is 5.82 Å². The molecule has 0 bridgehead atoms. The molecule has 0 aliphatic carbocycles. The molecule has 0 fully saturated rings. The van der Waals surface area contributed by atoms with E-state index in [1.54, 1.807) is 6.20 Å². The Morgan fingerprint density at radius 1 is 1.46 bits per heavy atom. The first-order valence-corrected chi connectivity index (χ1v) is 4.55. The van der Waals surface area contributed by atoms with Crippen LogP contribution in [0.15, 0.2) is 12.3 Å². The lowest BCUT2D eigenvalue weighted by molar-refractivity contribution is 0.231. The maximum Gasteiger partial charge on any atom is 0.134 e. The minimum absolute atomic E-state index is 0.0555. The van der Waals surface area contributed by atoms with Crippen molar-refractivity contribution in [3.8, 4) is 0 Å². The molecule has 72 valence electrons. The Morgan fingerprint density at radius 3 is 2.62 bits per heavy atom. The van der Waals surface area contributed by atoms with E-state index in [0.29, 0.717) is 5.92 Å². The van der Waals surface area contributed by atoms with Crippen molar-refractivity contribution in [2.24, 2.45) is 5.92 Å². The summed E-state index contributed by atoms with van der Waals surface area (Å²) in [5, 5.41) is 9.16. The van der Waals surface area contributed by atoms with Gasteiger partial charge in [-0.25, -0.2) is 9.97 Å². The Kier molecular flexibility index (Phi) is 3.37. The summed E-state index contributed by atoms with van der Waals surface area (Å²) in [6, 6.07) is 1.86. The molecule has 0 radical (unpaired) electrons. The highest BCUT2D eigenvalue weighted by Crippen LogP contribution is 2.19. The fourth-order valence-corrected chi connectivity index (χ4v) is 1.24. The molecule has 0 aliphatic heterocycles. The van der Waals surface area contributed by atoms with Crippen LogP contribution in [0, 0.1) is 12.8 Å². The largest absolute Gasteiger partial charge is 0.396 e. The second kappa shape index (κ2) is 4.33. The third-order valence-electron chi connectivity index (χ3n) is 2.15. The van der Waals surface area contributed by atoms with Gasteiger partial charge >= 0.3 is 0 Å². The molecular formula is C10H16N2O. The van der Waals surface area contributed by atoms with Gasteiger partial charge in [-0.3, -0.25) is 0 Å². The van der Waals surface area contributed by atoms with E-state index in [2.05, 4.69) is 23.8 Å². The Morgan fingerprint density at radius 2 is 2.15 bits per heavy atom. The third-order valence-corrected chi connectivity index (χ3v) is 2.15. The first-order chi connectivity index (χ1) is 6.15. The number of aromatic nitrogens is 2. The second-order valence-corrected chi connectivity index (χ2v) is 3.59. The zero-order valence-electron chi connectivity index (χ0n) is 8.36. The van der Waals surface area contributed by atoms with Gasteiger partial charge in [-0.1, -0.05) is 13.8 Å². The first-order valence-electron chi connectivity index (χ1n) is 4.55. The number of aryl methyl sites for hydroxylation is 1. The number of rotatable bonds is 3. The van der Waals surface area contributed by atoms with Crippen LogP contribution >= 0.6 is 0 Å². The average Bonchev–Trinajstić information content (AvgIpc) is 2.04. The smallest absolute Gasteiger partial charge is 0.134 e. The molecule has 1 aromatic heterocycles. The molecule has 1 aromatic rings. The van der Waals surface area contributed by atoms with Gasteiger partial charge in [0.2, 0.25) is 0 Å². The van der Waals surface area contributed by atoms with E-state index in [4.69, 9.17) is 5.11 Å². The van der Waals surface area contributed by atoms with Crippen molar-refractivity contribution in [3.63, 3.8) is 0 Å². The number of aliphatic hydroxyl groups excluding tert-OH is 1.